The van der Waals surface area contributed by atoms with Crippen molar-refractivity contribution in [3.05, 3.63) is 11.1 Å². The number of nitrogens with two attached hydrogens (primary N) is 1. The van der Waals surface area contributed by atoms with Gasteiger partial charge < -0.3 is 10.6 Å². The second kappa shape index (κ2) is 5.46. The topological polar surface area (TPSA) is 49.6 Å². The van der Waals surface area contributed by atoms with Gasteiger partial charge in [-0.1, -0.05) is 0 Å². The van der Waals surface area contributed by atoms with Crippen molar-refractivity contribution in [2.75, 3.05) is 33.2 Å². The molecule has 0 saturated carbocycles. The Labute approximate surface area is 98.1 Å². The molecule has 1 saturated heterocycles. The normalized spacial score (nSPS) is 22.8. The molecule has 0 spiro atoms. The molecule has 0 aromatic heterocycles. The number of piperazine rings is 1. The van der Waals surface area contributed by atoms with Crippen LogP contribution in [0.1, 0.15) is 20.8 Å². The summed E-state index contributed by atoms with van der Waals surface area (Å²) in [5.74, 6) is -0.307. The molecule has 0 aliphatic carbocycles. The number of likely N-dealkylation sites (N-methyl/N-ethyl adjacent to an activating group) is 1. The van der Waals surface area contributed by atoms with Gasteiger partial charge in [0.25, 0.3) is 0 Å². The molecule has 4 nitrogen and oxygen atoms in total. The summed E-state index contributed by atoms with van der Waals surface area (Å²) in [6.45, 7) is 10.3. The van der Waals surface area contributed by atoms with Crippen molar-refractivity contribution in [2.24, 2.45) is 5.73 Å². The predicted molar refractivity (Wildman–Crippen MR) is 66.1 cm³/mol. The molecule has 1 heterocycles. The molecular formula is C12H23N3O. The standard InChI is InChI=1S/C12H23N3O/c1-9(10(2)12(13)16)11(3)15-7-5-14(4)6-8-15/h11H,5-8H2,1-4H3,(H2,13,16). The van der Waals surface area contributed by atoms with E-state index in [1.807, 2.05) is 13.8 Å². The van der Waals surface area contributed by atoms with Crippen LogP contribution in [0.5, 0.6) is 0 Å². The van der Waals surface area contributed by atoms with Crippen LogP contribution in [0, 0.1) is 0 Å². The summed E-state index contributed by atoms with van der Waals surface area (Å²) < 4.78 is 0. The fourth-order valence-corrected chi connectivity index (χ4v) is 1.99. The fourth-order valence-electron chi connectivity index (χ4n) is 1.99. The highest BCUT2D eigenvalue weighted by molar-refractivity contribution is 5.92. The Kier molecular flexibility index (Phi) is 4.50. The van der Waals surface area contributed by atoms with E-state index in [1.54, 1.807) is 0 Å². The molecular weight excluding hydrogens is 202 g/mol. The molecule has 1 rings (SSSR count). The van der Waals surface area contributed by atoms with E-state index in [-0.39, 0.29) is 5.91 Å². The minimum Gasteiger partial charge on any atom is -0.366 e. The Bertz CT molecular complexity index is 291. The molecule has 1 aliphatic rings. The number of hydrogen-bond acceptors (Lipinski definition) is 3. The van der Waals surface area contributed by atoms with Crippen molar-refractivity contribution in [1.82, 2.24) is 9.80 Å². The first kappa shape index (κ1) is 13.2. The largest absolute Gasteiger partial charge is 0.366 e. The van der Waals surface area contributed by atoms with E-state index in [4.69, 9.17) is 5.73 Å². The van der Waals surface area contributed by atoms with Crippen molar-refractivity contribution >= 4 is 5.91 Å². The van der Waals surface area contributed by atoms with Gasteiger partial charge in [-0.2, -0.15) is 0 Å². The van der Waals surface area contributed by atoms with Gasteiger partial charge >= 0.3 is 0 Å². The van der Waals surface area contributed by atoms with Gasteiger partial charge in [0.15, 0.2) is 0 Å². The molecule has 0 radical (unpaired) electrons. The van der Waals surface area contributed by atoms with Gasteiger partial charge in [0.05, 0.1) is 0 Å². The SMILES string of the molecule is CC(C(N)=O)=C(C)C(C)N1CCN(C)CC1. The van der Waals surface area contributed by atoms with Crippen LogP contribution in [0.2, 0.25) is 0 Å². The highest BCUT2D eigenvalue weighted by atomic mass is 16.1. The van der Waals surface area contributed by atoms with Crippen LogP contribution in [-0.4, -0.2) is 55.0 Å². The van der Waals surface area contributed by atoms with Gasteiger partial charge in [-0.3, -0.25) is 9.69 Å². The van der Waals surface area contributed by atoms with Crippen molar-refractivity contribution in [3.63, 3.8) is 0 Å². The first-order valence-electron chi connectivity index (χ1n) is 5.83. The molecule has 4 heteroatoms. The molecule has 0 bridgehead atoms. The molecule has 0 aromatic carbocycles. The monoisotopic (exact) mass is 225 g/mol. The number of carbonyl (C=O) groups is 1. The molecule has 0 aromatic rings. The summed E-state index contributed by atoms with van der Waals surface area (Å²) >= 11 is 0. The zero-order chi connectivity index (χ0) is 12.3. The van der Waals surface area contributed by atoms with Gasteiger partial charge in [-0.15, -0.1) is 0 Å². The summed E-state index contributed by atoms with van der Waals surface area (Å²) in [6, 6.07) is 0.307. The molecule has 1 aliphatic heterocycles. The fraction of sp³-hybridized carbons (Fsp3) is 0.750. The quantitative estimate of drug-likeness (QED) is 0.709. The van der Waals surface area contributed by atoms with E-state index in [0.717, 1.165) is 31.8 Å². The lowest BCUT2D eigenvalue weighted by atomic mass is 10.0. The Hall–Kier alpha value is -0.870. The highest BCUT2D eigenvalue weighted by Crippen LogP contribution is 2.15. The first-order chi connectivity index (χ1) is 7.43. The average Bonchev–Trinajstić information content (AvgIpc) is 2.27. The van der Waals surface area contributed by atoms with E-state index >= 15 is 0 Å². The summed E-state index contributed by atoms with van der Waals surface area (Å²) in [4.78, 5) is 15.8. The van der Waals surface area contributed by atoms with Crippen LogP contribution >= 0.6 is 0 Å². The summed E-state index contributed by atoms with van der Waals surface area (Å²) in [6.07, 6.45) is 0. The molecule has 1 atom stereocenters. The molecule has 92 valence electrons. The lowest BCUT2D eigenvalue weighted by Gasteiger charge is -2.37. The van der Waals surface area contributed by atoms with E-state index in [2.05, 4.69) is 23.8 Å². The van der Waals surface area contributed by atoms with Crippen molar-refractivity contribution in [3.8, 4) is 0 Å². The molecule has 2 N–H and O–H groups in total. The van der Waals surface area contributed by atoms with E-state index in [9.17, 15) is 4.79 Å². The Balaban J connectivity index is 2.67. The minimum absolute atomic E-state index is 0.307. The van der Waals surface area contributed by atoms with Crippen LogP contribution in [0.15, 0.2) is 11.1 Å². The predicted octanol–water partition coefficient (Wildman–Crippen LogP) is 0.444. The van der Waals surface area contributed by atoms with Crippen LogP contribution in [0.3, 0.4) is 0 Å². The van der Waals surface area contributed by atoms with E-state index in [0.29, 0.717) is 11.6 Å². The minimum atomic E-state index is -0.307. The lowest BCUT2D eigenvalue weighted by molar-refractivity contribution is -0.114. The summed E-state index contributed by atoms with van der Waals surface area (Å²) in [5, 5.41) is 0. The van der Waals surface area contributed by atoms with Gasteiger partial charge in [-0.05, 0) is 33.4 Å². The number of rotatable bonds is 3. The zero-order valence-corrected chi connectivity index (χ0v) is 10.8. The van der Waals surface area contributed by atoms with Gasteiger partial charge in [0.1, 0.15) is 0 Å². The number of amides is 1. The Morgan fingerprint density at radius 3 is 2.12 bits per heavy atom. The smallest absolute Gasteiger partial charge is 0.244 e. The molecule has 1 unspecified atom stereocenters. The van der Waals surface area contributed by atoms with Crippen molar-refractivity contribution in [2.45, 2.75) is 26.8 Å². The third kappa shape index (κ3) is 3.06. The lowest BCUT2D eigenvalue weighted by Crippen LogP contribution is -2.48. The summed E-state index contributed by atoms with van der Waals surface area (Å²) in [7, 11) is 2.14. The van der Waals surface area contributed by atoms with Gasteiger partial charge in [0.2, 0.25) is 5.91 Å². The number of carbonyl (C=O) groups excluding carboxylic acids is 1. The average molecular weight is 225 g/mol. The van der Waals surface area contributed by atoms with Gasteiger partial charge in [0, 0.05) is 37.8 Å². The first-order valence-corrected chi connectivity index (χ1v) is 5.83. The third-order valence-corrected chi connectivity index (χ3v) is 3.67. The van der Waals surface area contributed by atoms with E-state index < -0.39 is 0 Å². The van der Waals surface area contributed by atoms with E-state index in [1.165, 1.54) is 0 Å². The van der Waals surface area contributed by atoms with Gasteiger partial charge in [-0.25, -0.2) is 0 Å². The number of nitrogens with zero attached hydrogens (tertiary/aromatic N) is 2. The number of primary amides is 1. The van der Waals surface area contributed by atoms with Crippen molar-refractivity contribution in [1.29, 1.82) is 0 Å². The molecule has 1 fully saturated rings. The number of hydrogen-bond donors (Lipinski definition) is 1. The maximum Gasteiger partial charge on any atom is 0.244 e. The second-order valence-electron chi connectivity index (χ2n) is 4.69. The highest BCUT2D eigenvalue weighted by Gasteiger charge is 2.21. The van der Waals surface area contributed by atoms with Crippen LogP contribution in [0.4, 0.5) is 0 Å². The Morgan fingerprint density at radius 2 is 1.69 bits per heavy atom. The maximum absolute atomic E-state index is 11.1. The summed E-state index contributed by atoms with van der Waals surface area (Å²) in [5.41, 5.74) is 7.10. The van der Waals surface area contributed by atoms with Crippen LogP contribution < -0.4 is 5.73 Å². The second-order valence-corrected chi connectivity index (χ2v) is 4.69. The van der Waals surface area contributed by atoms with Crippen molar-refractivity contribution < 1.29 is 4.79 Å². The molecule has 1 amide bonds. The maximum atomic E-state index is 11.1. The Morgan fingerprint density at radius 1 is 1.19 bits per heavy atom. The molecule has 16 heavy (non-hydrogen) atoms. The zero-order valence-electron chi connectivity index (χ0n) is 10.8. The van der Waals surface area contributed by atoms with Crippen LogP contribution in [0.25, 0.3) is 0 Å². The van der Waals surface area contributed by atoms with Crippen LogP contribution in [-0.2, 0) is 4.79 Å². The third-order valence-electron chi connectivity index (χ3n) is 3.67.